The van der Waals surface area contributed by atoms with E-state index in [1.807, 2.05) is 21.0 Å². The first-order valence-corrected chi connectivity index (χ1v) is 2.12. The van der Waals surface area contributed by atoms with Gasteiger partial charge in [0.2, 0.25) is 0 Å². The molecular weight excluding hydrogens is 77.8 g/mol. The number of rotatable bonds is 1. The SMILES string of the molecule is C[B]C(C)=P. The van der Waals surface area contributed by atoms with Gasteiger partial charge in [-0.25, -0.2) is 0 Å². The topological polar surface area (TPSA) is 0 Å². The highest BCUT2D eigenvalue weighted by Gasteiger charge is 1.72. The van der Waals surface area contributed by atoms with Crippen molar-refractivity contribution in [2.24, 2.45) is 0 Å². The molecule has 0 spiro atoms. The molecule has 0 atom stereocenters. The van der Waals surface area contributed by atoms with Gasteiger partial charge in [0.05, 0.1) is 0 Å². The lowest BCUT2D eigenvalue weighted by Crippen LogP contribution is -1.90. The van der Waals surface area contributed by atoms with Crippen LogP contribution in [0.5, 0.6) is 0 Å². The molecule has 27 valence electrons. The molecule has 0 heterocycles. The van der Waals surface area contributed by atoms with Crippen LogP contribution in [0.4, 0.5) is 0 Å². The highest BCUT2D eigenvalue weighted by molar-refractivity contribution is 7.30. The molecule has 0 saturated heterocycles. The summed E-state index contributed by atoms with van der Waals surface area (Å²) in [6.07, 6.45) is 0. The van der Waals surface area contributed by atoms with Gasteiger partial charge in [-0.05, 0) is 6.92 Å². The zero-order chi connectivity index (χ0) is 4.28. The Hall–Kier alpha value is 0.235. The van der Waals surface area contributed by atoms with E-state index >= 15 is 0 Å². The largest absolute Gasteiger partial charge is 0.147 e. The fraction of sp³-hybridized carbons (Fsp3) is 0.667. The second-order valence-corrected chi connectivity index (χ2v) is 1.76. The van der Waals surface area contributed by atoms with E-state index in [1.54, 1.807) is 0 Å². The third-order valence-electron chi connectivity index (χ3n) is 0.433. The molecule has 0 fully saturated rings. The Morgan fingerprint density at radius 2 is 2.00 bits per heavy atom. The van der Waals surface area contributed by atoms with Crippen molar-refractivity contribution in [2.45, 2.75) is 13.7 Å². The Kier molecular flexibility index (Phi) is 2.59. The second-order valence-electron chi connectivity index (χ2n) is 0.972. The average Bonchev–Trinajstić information content (AvgIpc) is 1.38. The van der Waals surface area contributed by atoms with Gasteiger partial charge in [-0.1, -0.05) is 12.0 Å². The van der Waals surface area contributed by atoms with Gasteiger partial charge in [0, 0.05) is 0 Å². The molecule has 0 unspecified atom stereocenters. The molecule has 0 saturated carbocycles. The van der Waals surface area contributed by atoms with Crippen molar-refractivity contribution < 1.29 is 0 Å². The fourth-order valence-corrected chi connectivity index (χ4v) is 0. The van der Waals surface area contributed by atoms with E-state index in [2.05, 4.69) is 8.86 Å². The Morgan fingerprint density at radius 1 is 1.80 bits per heavy atom. The standard InChI is InChI=1S/C3H7BP/c1-3(5)4-2/h5H,1-2H3. The van der Waals surface area contributed by atoms with E-state index in [1.165, 1.54) is 5.19 Å². The first-order chi connectivity index (χ1) is 2.27. The molecule has 0 N–H and O–H groups in total. The second kappa shape index (κ2) is 2.47. The van der Waals surface area contributed by atoms with E-state index in [0.717, 1.165) is 0 Å². The summed E-state index contributed by atoms with van der Waals surface area (Å²) >= 11 is 0. The summed E-state index contributed by atoms with van der Waals surface area (Å²) in [6, 6.07) is 0. The molecule has 0 aliphatic heterocycles. The van der Waals surface area contributed by atoms with Gasteiger partial charge < -0.3 is 0 Å². The van der Waals surface area contributed by atoms with E-state index in [-0.39, 0.29) is 0 Å². The summed E-state index contributed by atoms with van der Waals surface area (Å²) in [4.78, 5) is 0. The van der Waals surface area contributed by atoms with Gasteiger partial charge in [-0.15, -0.1) is 8.86 Å². The van der Waals surface area contributed by atoms with Crippen molar-refractivity contribution in [3.05, 3.63) is 0 Å². The minimum atomic E-state index is 1.19. The zero-order valence-corrected chi connectivity index (χ0v) is 4.58. The highest BCUT2D eigenvalue weighted by atomic mass is 31.0. The molecule has 0 bridgehead atoms. The minimum Gasteiger partial charge on any atom is -0.134 e. The van der Waals surface area contributed by atoms with Gasteiger partial charge >= 0.3 is 0 Å². The summed E-state index contributed by atoms with van der Waals surface area (Å²) in [7, 11) is 5.27. The van der Waals surface area contributed by atoms with E-state index in [0.29, 0.717) is 0 Å². The van der Waals surface area contributed by atoms with E-state index in [9.17, 15) is 0 Å². The van der Waals surface area contributed by atoms with Gasteiger partial charge in [0.25, 0.3) is 0 Å². The molecule has 0 amide bonds. The Bertz CT molecular complexity index is 42.2. The van der Waals surface area contributed by atoms with Crippen LogP contribution in [-0.2, 0) is 0 Å². The van der Waals surface area contributed by atoms with Gasteiger partial charge in [0.1, 0.15) is 7.28 Å². The van der Waals surface area contributed by atoms with Crippen molar-refractivity contribution in [3.8, 4) is 0 Å². The Labute approximate surface area is 36.0 Å². The molecule has 1 radical (unpaired) electrons. The van der Waals surface area contributed by atoms with Crippen molar-refractivity contribution in [2.75, 3.05) is 0 Å². The summed E-state index contributed by atoms with van der Waals surface area (Å²) in [6.45, 7) is 3.99. The maximum atomic E-state index is 3.28. The van der Waals surface area contributed by atoms with Crippen molar-refractivity contribution in [3.63, 3.8) is 0 Å². The first-order valence-electron chi connectivity index (χ1n) is 1.62. The first kappa shape index (κ1) is 5.23. The van der Waals surface area contributed by atoms with E-state index in [4.69, 9.17) is 0 Å². The molecule has 0 aromatic heterocycles. The van der Waals surface area contributed by atoms with Crippen LogP contribution in [0.2, 0.25) is 6.82 Å². The third-order valence-corrected chi connectivity index (χ3v) is 0.722. The molecular formula is C3H7BP. The van der Waals surface area contributed by atoms with Crippen LogP contribution < -0.4 is 0 Å². The maximum absolute atomic E-state index is 3.28. The van der Waals surface area contributed by atoms with Crippen molar-refractivity contribution >= 4 is 21.3 Å². The summed E-state index contributed by atoms with van der Waals surface area (Å²) in [5, 5.41) is 1.19. The van der Waals surface area contributed by atoms with Crippen molar-refractivity contribution in [1.82, 2.24) is 0 Å². The van der Waals surface area contributed by atoms with Gasteiger partial charge in [-0.3, -0.25) is 0 Å². The Morgan fingerprint density at radius 3 is 2.00 bits per heavy atom. The summed E-state index contributed by atoms with van der Waals surface area (Å²) in [5.74, 6) is 0. The lowest BCUT2D eigenvalue weighted by molar-refractivity contribution is 2.08. The molecule has 0 aromatic carbocycles. The lowest BCUT2D eigenvalue weighted by atomic mass is 9.79. The quantitative estimate of drug-likeness (QED) is 0.329. The monoisotopic (exact) mass is 85.0 g/mol. The van der Waals surface area contributed by atoms with Gasteiger partial charge in [-0.2, -0.15) is 0 Å². The molecule has 0 aliphatic carbocycles. The van der Waals surface area contributed by atoms with Crippen LogP contribution in [0.25, 0.3) is 0 Å². The van der Waals surface area contributed by atoms with Crippen molar-refractivity contribution in [1.29, 1.82) is 0 Å². The maximum Gasteiger partial charge on any atom is 0.147 e. The molecule has 0 aliphatic rings. The van der Waals surface area contributed by atoms with Crippen LogP contribution in [0.15, 0.2) is 0 Å². The number of hydrogen-bond acceptors (Lipinski definition) is 0. The number of hydrogen-bond donors (Lipinski definition) is 0. The lowest BCUT2D eigenvalue weighted by Gasteiger charge is -1.75. The zero-order valence-electron chi connectivity index (χ0n) is 3.58. The van der Waals surface area contributed by atoms with Crippen LogP contribution in [0.3, 0.4) is 0 Å². The molecule has 0 aromatic rings. The third kappa shape index (κ3) is 4.23. The van der Waals surface area contributed by atoms with Crippen LogP contribution in [0.1, 0.15) is 6.92 Å². The average molecular weight is 84.9 g/mol. The smallest absolute Gasteiger partial charge is 0.134 e. The summed E-state index contributed by atoms with van der Waals surface area (Å²) in [5.41, 5.74) is 0. The minimum absolute atomic E-state index is 1.19. The molecule has 0 rings (SSSR count). The highest BCUT2D eigenvalue weighted by Crippen LogP contribution is 1.69. The predicted octanol–water partition coefficient (Wildman–Crippen LogP) is 1.03. The molecule has 0 nitrogen and oxygen atoms in total. The molecule has 2 heteroatoms. The van der Waals surface area contributed by atoms with Crippen LogP contribution in [-0.4, -0.2) is 12.5 Å². The molecule has 5 heavy (non-hydrogen) atoms. The Balaban J connectivity index is 2.85. The normalized spacial score (nSPS) is 6.80. The van der Waals surface area contributed by atoms with E-state index < -0.39 is 0 Å². The van der Waals surface area contributed by atoms with Crippen LogP contribution >= 0.6 is 8.86 Å². The fourth-order valence-electron chi connectivity index (χ4n) is 0. The van der Waals surface area contributed by atoms with Gasteiger partial charge in [0.15, 0.2) is 0 Å². The summed E-state index contributed by atoms with van der Waals surface area (Å²) < 4.78 is 0. The predicted molar refractivity (Wildman–Crippen MR) is 30.6 cm³/mol. The van der Waals surface area contributed by atoms with Crippen LogP contribution in [0, 0.1) is 0 Å².